The monoisotopic (exact) mass is 469 g/mol. The van der Waals surface area contributed by atoms with Crippen LogP contribution in [0.5, 0.6) is 11.5 Å². The maximum absolute atomic E-state index is 13.3. The number of likely N-dealkylation sites (N-methyl/N-ethyl adjacent to an activating group) is 1. The third-order valence-electron chi connectivity index (χ3n) is 6.00. The van der Waals surface area contributed by atoms with Crippen molar-refractivity contribution in [3.63, 3.8) is 0 Å². The number of carbonyl (C=O) groups is 3. The van der Waals surface area contributed by atoms with Gasteiger partial charge in [0.2, 0.25) is 0 Å². The SMILES string of the molecule is COc1cccc(NC(=O)Nc2ccc3c(c2)C(=O)N(C)[C@H]2CC[C@@H](CC(=O)O)O[C@@H]2CO3)c1. The lowest BCUT2D eigenvalue weighted by molar-refractivity contribution is -0.148. The van der Waals surface area contributed by atoms with Crippen LogP contribution >= 0.6 is 0 Å². The molecule has 34 heavy (non-hydrogen) atoms. The largest absolute Gasteiger partial charge is 0.497 e. The van der Waals surface area contributed by atoms with E-state index in [9.17, 15) is 14.4 Å². The molecule has 0 spiro atoms. The third kappa shape index (κ3) is 5.23. The number of hydrogen-bond donors (Lipinski definition) is 3. The molecule has 4 rings (SSSR count). The summed E-state index contributed by atoms with van der Waals surface area (Å²) in [6.45, 7) is 0.189. The molecule has 2 aromatic carbocycles. The van der Waals surface area contributed by atoms with E-state index in [0.717, 1.165) is 0 Å². The molecule has 180 valence electrons. The van der Waals surface area contributed by atoms with Gasteiger partial charge in [-0.05, 0) is 43.2 Å². The smallest absolute Gasteiger partial charge is 0.323 e. The number of benzene rings is 2. The van der Waals surface area contributed by atoms with Crippen molar-refractivity contribution in [3.8, 4) is 11.5 Å². The summed E-state index contributed by atoms with van der Waals surface area (Å²) in [7, 11) is 3.24. The van der Waals surface area contributed by atoms with E-state index >= 15 is 0 Å². The number of methoxy groups -OCH3 is 1. The van der Waals surface area contributed by atoms with Gasteiger partial charge in [0.25, 0.3) is 5.91 Å². The highest BCUT2D eigenvalue weighted by molar-refractivity contribution is 6.02. The molecular weight excluding hydrogens is 442 g/mol. The van der Waals surface area contributed by atoms with E-state index in [-0.39, 0.29) is 25.0 Å². The minimum absolute atomic E-state index is 0.0790. The molecule has 3 amide bonds. The number of carboxylic acids is 1. The first kappa shape index (κ1) is 23.4. The van der Waals surface area contributed by atoms with Crippen molar-refractivity contribution < 1.29 is 33.7 Å². The summed E-state index contributed by atoms with van der Waals surface area (Å²) in [5.41, 5.74) is 1.32. The maximum atomic E-state index is 13.3. The number of ether oxygens (including phenoxy) is 3. The molecule has 0 saturated carbocycles. The number of urea groups is 1. The fraction of sp³-hybridized carbons (Fsp3) is 0.375. The molecule has 10 nitrogen and oxygen atoms in total. The van der Waals surface area contributed by atoms with E-state index in [4.69, 9.17) is 19.3 Å². The first-order chi connectivity index (χ1) is 16.3. The average Bonchev–Trinajstić information content (AvgIpc) is 2.81. The van der Waals surface area contributed by atoms with Crippen molar-refractivity contribution in [2.24, 2.45) is 0 Å². The fourth-order valence-electron chi connectivity index (χ4n) is 4.29. The molecule has 1 saturated heterocycles. The van der Waals surface area contributed by atoms with Gasteiger partial charge >= 0.3 is 12.0 Å². The summed E-state index contributed by atoms with van der Waals surface area (Å²) < 4.78 is 17.0. The summed E-state index contributed by atoms with van der Waals surface area (Å²) in [6, 6.07) is 11.1. The fourth-order valence-corrected chi connectivity index (χ4v) is 4.29. The number of hydrogen-bond acceptors (Lipinski definition) is 6. The molecule has 0 unspecified atom stereocenters. The van der Waals surface area contributed by atoms with E-state index in [2.05, 4.69) is 10.6 Å². The van der Waals surface area contributed by atoms with Crippen molar-refractivity contribution in [3.05, 3.63) is 48.0 Å². The molecule has 2 heterocycles. The quantitative estimate of drug-likeness (QED) is 0.614. The van der Waals surface area contributed by atoms with Gasteiger partial charge in [-0.25, -0.2) is 4.79 Å². The Morgan fingerprint density at radius 2 is 1.91 bits per heavy atom. The van der Waals surface area contributed by atoms with Crippen LogP contribution in [0.15, 0.2) is 42.5 Å². The standard InChI is InChI=1S/C24H27N3O7/c1-27-19-8-7-17(12-22(28)29)34-21(19)13-33-20-9-6-15(11-18(20)23(27)30)26-24(31)25-14-4-3-5-16(10-14)32-2/h3-6,9-11,17,19,21H,7-8,12-13H2,1-2H3,(H,28,29)(H2,25,26,31)/t17-,19-,21+/m0/s1. The minimum Gasteiger partial charge on any atom is -0.497 e. The van der Waals surface area contributed by atoms with Gasteiger partial charge in [0.05, 0.1) is 31.2 Å². The van der Waals surface area contributed by atoms with Crippen molar-refractivity contribution in [2.45, 2.75) is 37.5 Å². The van der Waals surface area contributed by atoms with Gasteiger partial charge in [-0.15, -0.1) is 0 Å². The van der Waals surface area contributed by atoms with Crippen molar-refractivity contribution in [1.29, 1.82) is 0 Å². The molecule has 3 atom stereocenters. The Kier molecular flexibility index (Phi) is 6.87. The van der Waals surface area contributed by atoms with Gasteiger partial charge in [0.15, 0.2) is 0 Å². The number of nitrogens with zero attached hydrogens (tertiary/aromatic N) is 1. The van der Waals surface area contributed by atoms with Crippen molar-refractivity contribution in [2.75, 3.05) is 31.4 Å². The first-order valence-corrected chi connectivity index (χ1v) is 11.0. The molecule has 2 aliphatic heterocycles. The highest BCUT2D eigenvalue weighted by Crippen LogP contribution is 2.32. The Hall–Kier alpha value is -3.79. The molecule has 2 aromatic rings. The summed E-state index contributed by atoms with van der Waals surface area (Å²) in [5, 5.41) is 14.5. The molecule has 3 N–H and O–H groups in total. The molecule has 0 bridgehead atoms. The second-order valence-corrected chi connectivity index (χ2v) is 8.29. The van der Waals surface area contributed by atoms with Crippen LogP contribution < -0.4 is 20.1 Å². The van der Waals surface area contributed by atoms with E-state index in [1.54, 1.807) is 61.5 Å². The molecule has 2 aliphatic rings. The van der Waals surface area contributed by atoms with Crippen LogP contribution in [0.3, 0.4) is 0 Å². The van der Waals surface area contributed by atoms with Gasteiger partial charge < -0.3 is 34.9 Å². The highest BCUT2D eigenvalue weighted by Gasteiger charge is 2.39. The third-order valence-corrected chi connectivity index (χ3v) is 6.00. The summed E-state index contributed by atoms with van der Waals surface area (Å²) in [6.07, 6.45) is 0.254. The van der Waals surface area contributed by atoms with Crippen LogP contribution in [-0.2, 0) is 9.53 Å². The van der Waals surface area contributed by atoms with Crippen LogP contribution in [0.4, 0.5) is 16.2 Å². The number of anilines is 2. The van der Waals surface area contributed by atoms with Gasteiger partial charge in [0.1, 0.15) is 24.2 Å². The van der Waals surface area contributed by atoms with Crippen LogP contribution in [0.25, 0.3) is 0 Å². The lowest BCUT2D eigenvalue weighted by Gasteiger charge is -2.42. The van der Waals surface area contributed by atoms with E-state index in [1.165, 1.54) is 0 Å². The number of fused-ring (bicyclic) bond motifs is 2. The summed E-state index contributed by atoms with van der Waals surface area (Å²) in [4.78, 5) is 38.4. The Morgan fingerprint density at radius 3 is 2.65 bits per heavy atom. The maximum Gasteiger partial charge on any atom is 0.323 e. The zero-order valence-corrected chi connectivity index (χ0v) is 18.9. The van der Waals surface area contributed by atoms with Gasteiger partial charge in [0, 0.05) is 24.5 Å². The van der Waals surface area contributed by atoms with Crippen LogP contribution in [0.2, 0.25) is 0 Å². The number of aliphatic carboxylic acids is 1. The summed E-state index contributed by atoms with van der Waals surface area (Å²) in [5.74, 6) is -0.190. The highest BCUT2D eigenvalue weighted by atomic mass is 16.5. The Labute approximate surface area is 196 Å². The first-order valence-electron chi connectivity index (χ1n) is 11.0. The zero-order valence-electron chi connectivity index (χ0n) is 18.9. The molecular formula is C24H27N3O7. The van der Waals surface area contributed by atoms with Gasteiger partial charge in [-0.2, -0.15) is 0 Å². The van der Waals surface area contributed by atoms with Crippen LogP contribution in [0.1, 0.15) is 29.6 Å². The Morgan fingerprint density at radius 1 is 1.15 bits per heavy atom. The number of carbonyl (C=O) groups excluding carboxylic acids is 2. The lowest BCUT2D eigenvalue weighted by Crippen LogP contribution is -2.53. The zero-order chi connectivity index (χ0) is 24.2. The normalized spacial score (nSPS) is 21.8. The number of amides is 3. The van der Waals surface area contributed by atoms with E-state index in [0.29, 0.717) is 41.3 Å². The number of carboxylic acid groups (broad SMARTS) is 1. The predicted octanol–water partition coefficient (Wildman–Crippen LogP) is 3.19. The second-order valence-electron chi connectivity index (χ2n) is 8.29. The molecule has 0 aromatic heterocycles. The van der Waals surface area contributed by atoms with Gasteiger partial charge in [-0.3, -0.25) is 9.59 Å². The Bertz CT molecular complexity index is 1090. The van der Waals surface area contributed by atoms with Gasteiger partial charge in [-0.1, -0.05) is 6.07 Å². The van der Waals surface area contributed by atoms with E-state index in [1.807, 2.05) is 0 Å². The molecule has 0 radical (unpaired) electrons. The minimum atomic E-state index is -0.916. The van der Waals surface area contributed by atoms with E-state index < -0.39 is 24.2 Å². The molecule has 1 fully saturated rings. The van der Waals surface area contributed by atoms with Crippen molar-refractivity contribution in [1.82, 2.24) is 4.90 Å². The predicted molar refractivity (Wildman–Crippen MR) is 124 cm³/mol. The summed E-state index contributed by atoms with van der Waals surface area (Å²) >= 11 is 0. The number of rotatable bonds is 5. The number of nitrogens with one attached hydrogen (secondary N) is 2. The lowest BCUT2D eigenvalue weighted by atomic mass is 9.94. The second kappa shape index (κ2) is 10.0. The average molecular weight is 469 g/mol. The van der Waals surface area contributed by atoms with Crippen LogP contribution in [-0.4, -0.2) is 66.9 Å². The molecule has 10 heteroatoms. The van der Waals surface area contributed by atoms with Crippen LogP contribution in [0, 0.1) is 0 Å². The Balaban J connectivity index is 1.47. The topological polar surface area (TPSA) is 126 Å². The van der Waals surface area contributed by atoms with Crippen molar-refractivity contribution >= 4 is 29.3 Å². The molecule has 0 aliphatic carbocycles.